The monoisotopic (exact) mass is 397 g/mol. The number of ketones is 1. The average Bonchev–Trinajstić information content (AvgIpc) is 2.72. The number of hydrogen-bond donors (Lipinski definition) is 1. The van der Waals surface area contributed by atoms with Crippen molar-refractivity contribution in [3.8, 4) is 5.75 Å². The van der Waals surface area contributed by atoms with Crippen LogP contribution in [0.1, 0.15) is 21.5 Å². The lowest BCUT2D eigenvalue weighted by Crippen LogP contribution is -2.28. The molecule has 0 fully saturated rings. The molecule has 3 rings (SSSR count). The largest absolute Gasteiger partial charge is 0.484 e. The zero-order valence-electron chi connectivity index (χ0n) is 14.8. The molecular weight excluding hydrogens is 381 g/mol. The summed E-state index contributed by atoms with van der Waals surface area (Å²) in [6.07, 6.45) is 0. The van der Waals surface area contributed by atoms with Gasteiger partial charge in [0.1, 0.15) is 11.6 Å². The average molecular weight is 398 g/mol. The number of rotatable bonds is 7. The third-order valence-corrected chi connectivity index (χ3v) is 4.40. The standard InChI is InChI=1S/C22H17ClFNO3/c23-20-4-2-1-3-17(20)13-25-21(26)14-28-19-11-7-16(8-12-19)22(27)15-5-9-18(24)10-6-15/h1-12H,13-14H2,(H,25,26). The van der Waals surface area contributed by atoms with Gasteiger partial charge in [-0.05, 0) is 60.2 Å². The van der Waals surface area contributed by atoms with E-state index >= 15 is 0 Å². The molecule has 142 valence electrons. The molecule has 1 amide bonds. The van der Waals surface area contributed by atoms with Crippen LogP contribution in [0.2, 0.25) is 5.02 Å². The van der Waals surface area contributed by atoms with E-state index in [9.17, 15) is 14.0 Å². The van der Waals surface area contributed by atoms with Crippen molar-refractivity contribution in [1.29, 1.82) is 0 Å². The highest BCUT2D eigenvalue weighted by Crippen LogP contribution is 2.16. The summed E-state index contributed by atoms with van der Waals surface area (Å²) in [5.41, 5.74) is 1.66. The maximum atomic E-state index is 13.0. The highest BCUT2D eigenvalue weighted by Gasteiger charge is 2.10. The molecule has 0 aliphatic carbocycles. The van der Waals surface area contributed by atoms with E-state index in [-0.39, 0.29) is 18.3 Å². The van der Waals surface area contributed by atoms with Crippen LogP contribution in [0.15, 0.2) is 72.8 Å². The maximum Gasteiger partial charge on any atom is 0.258 e. The Bertz CT molecular complexity index is 972. The molecular formula is C22H17ClFNO3. The van der Waals surface area contributed by atoms with E-state index in [1.54, 1.807) is 30.3 Å². The zero-order chi connectivity index (χ0) is 19.9. The predicted molar refractivity (Wildman–Crippen MR) is 105 cm³/mol. The summed E-state index contributed by atoms with van der Waals surface area (Å²) in [5.74, 6) is -0.438. The molecule has 0 atom stereocenters. The Labute approximate surface area is 166 Å². The maximum absolute atomic E-state index is 13.0. The molecule has 0 radical (unpaired) electrons. The molecule has 3 aromatic rings. The summed E-state index contributed by atoms with van der Waals surface area (Å²) in [7, 11) is 0. The van der Waals surface area contributed by atoms with Gasteiger partial charge in [-0.3, -0.25) is 9.59 Å². The van der Waals surface area contributed by atoms with Crippen LogP contribution in [0.5, 0.6) is 5.75 Å². The van der Waals surface area contributed by atoms with E-state index in [0.717, 1.165) is 5.56 Å². The van der Waals surface area contributed by atoms with E-state index in [2.05, 4.69) is 5.32 Å². The molecule has 6 heteroatoms. The van der Waals surface area contributed by atoms with E-state index in [1.807, 2.05) is 18.2 Å². The van der Waals surface area contributed by atoms with Crippen molar-refractivity contribution in [2.24, 2.45) is 0 Å². The van der Waals surface area contributed by atoms with Gasteiger partial charge in [0.25, 0.3) is 5.91 Å². The first-order valence-corrected chi connectivity index (χ1v) is 8.94. The summed E-state index contributed by atoms with van der Waals surface area (Å²) in [5, 5.41) is 3.32. The van der Waals surface area contributed by atoms with Crippen molar-refractivity contribution in [3.63, 3.8) is 0 Å². The van der Waals surface area contributed by atoms with Crippen molar-refractivity contribution in [3.05, 3.63) is 100 Å². The number of nitrogens with one attached hydrogen (secondary N) is 1. The van der Waals surface area contributed by atoms with Gasteiger partial charge in [0.15, 0.2) is 12.4 Å². The smallest absolute Gasteiger partial charge is 0.258 e. The third-order valence-electron chi connectivity index (χ3n) is 4.03. The summed E-state index contributed by atoms with van der Waals surface area (Å²) in [4.78, 5) is 24.3. The summed E-state index contributed by atoms with van der Waals surface area (Å²) < 4.78 is 18.4. The predicted octanol–water partition coefficient (Wildman–Crippen LogP) is 4.41. The van der Waals surface area contributed by atoms with Crippen LogP contribution in [-0.4, -0.2) is 18.3 Å². The van der Waals surface area contributed by atoms with E-state index in [4.69, 9.17) is 16.3 Å². The van der Waals surface area contributed by atoms with E-state index in [1.165, 1.54) is 24.3 Å². The molecule has 0 bridgehead atoms. The number of halogens is 2. The van der Waals surface area contributed by atoms with Gasteiger partial charge < -0.3 is 10.1 Å². The highest BCUT2D eigenvalue weighted by molar-refractivity contribution is 6.31. The molecule has 4 nitrogen and oxygen atoms in total. The number of carbonyl (C=O) groups is 2. The van der Waals surface area contributed by atoms with Crippen molar-refractivity contribution in [1.82, 2.24) is 5.32 Å². The fraction of sp³-hybridized carbons (Fsp3) is 0.0909. The molecule has 3 aromatic carbocycles. The minimum absolute atomic E-state index is 0.157. The Morgan fingerprint density at radius 2 is 1.50 bits per heavy atom. The fourth-order valence-corrected chi connectivity index (χ4v) is 2.71. The molecule has 1 N–H and O–H groups in total. The van der Waals surface area contributed by atoms with Crippen LogP contribution >= 0.6 is 11.6 Å². The second kappa shape index (κ2) is 9.15. The van der Waals surface area contributed by atoms with Crippen LogP contribution in [0.4, 0.5) is 4.39 Å². The molecule has 0 heterocycles. The van der Waals surface area contributed by atoms with Crippen molar-refractivity contribution < 1.29 is 18.7 Å². The van der Waals surface area contributed by atoms with Gasteiger partial charge in [0.2, 0.25) is 0 Å². The number of amides is 1. The Morgan fingerprint density at radius 3 is 2.14 bits per heavy atom. The second-order valence-electron chi connectivity index (χ2n) is 6.02. The minimum atomic E-state index is -0.395. The third kappa shape index (κ3) is 5.18. The molecule has 0 unspecified atom stereocenters. The van der Waals surface area contributed by atoms with Gasteiger partial charge in [-0.1, -0.05) is 29.8 Å². The minimum Gasteiger partial charge on any atom is -0.484 e. The van der Waals surface area contributed by atoms with E-state index in [0.29, 0.717) is 28.4 Å². The van der Waals surface area contributed by atoms with Gasteiger partial charge in [0, 0.05) is 22.7 Å². The van der Waals surface area contributed by atoms with Crippen LogP contribution in [0, 0.1) is 5.82 Å². The normalized spacial score (nSPS) is 10.4. The van der Waals surface area contributed by atoms with Crippen molar-refractivity contribution >= 4 is 23.3 Å². The first-order chi connectivity index (χ1) is 13.5. The summed E-state index contributed by atoms with van der Waals surface area (Å²) in [6, 6.07) is 19.0. The number of benzene rings is 3. The van der Waals surface area contributed by atoms with Gasteiger partial charge in [-0.2, -0.15) is 0 Å². The molecule has 0 saturated carbocycles. The van der Waals surface area contributed by atoms with Crippen molar-refractivity contribution in [2.75, 3.05) is 6.61 Å². The lowest BCUT2D eigenvalue weighted by Gasteiger charge is -2.09. The first-order valence-electron chi connectivity index (χ1n) is 8.56. The van der Waals surface area contributed by atoms with Crippen LogP contribution in [0.3, 0.4) is 0 Å². The van der Waals surface area contributed by atoms with Gasteiger partial charge in [0.05, 0.1) is 0 Å². The first kappa shape index (κ1) is 19.6. The summed E-state index contributed by atoms with van der Waals surface area (Å²) >= 11 is 6.04. The molecule has 0 spiro atoms. The fourth-order valence-electron chi connectivity index (χ4n) is 2.51. The topological polar surface area (TPSA) is 55.4 Å². The molecule has 28 heavy (non-hydrogen) atoms. The van der Waals surface area contributed by atoms with Crippen LogP contribution in [0.25, 0.3) is 0 Å². The Morgan fingerprint density at radius 1 is 0.893 bits per heavy atom. The molecule has 0 saturated heterocycles. The van der Waals surface area contributed by atoms with Gasteiger partial charge in [-0.15, -0.1) is 0 Å². The Kier molecular flexibility index (Phi) is 6.40. The van der Waals surface area contributed by atoms with Crippen LogP contribution < -0.4 is 10.1 Å². The molecule has 0 aromatic heterocycles. The lowest BCUT2D eigenvalue weighted by atomic mass is 10.0. The zero-order valence-corrected chi connectivity index (χ0v) is 15.6. The SMILES string of the molecule is O=C(COc1ccc(C(=O)c2ccc(F)cc2)cc1)NCc1ccccc1Cl. The van der Waals surface area contributed by atoms with Crippen LogP contribution in [-0.2, 0) is 11.3 Å². The second-order valence-corrected chi connectivity index (χ2v) is 6.42. The Hall–Kier alpha value is -3.18. The molecule has 0 aliphatic rings. The lowest BCUT2D eigenvalue weighted by molar-refractivity contribution is -0.123. The summed E-state index contributed by atoms with van der Waals surface area (Å²) in [6.45, 7) is 0.155. The van der Waals surface area contributed by atoms with Crippen molar-refractivity contribution in [2.45, 2.75) is 6.54 Å². The quantitative estimate of drug-likeness (QED) is 0.601. The highest BCUT2D eigenvalue weighted by atomic mass is 35.5. The number of carbonyl (C=O) groups excluding carboxylic acids is 2. The van der Waals surface area contributed by atoms with Gasteiger partial charge >= 0.3 is 0 Å². The van der Waals surface area contributed by atoms with Gasteiger partial charge in [-0.25, -0.2) is 4.39 Å². The number of ether oxygens (including phenoxy) is 1. The number of hydrogen-bond acceptors (Lipinski definition) is 3. The molecule has 0 aliphatic heterocycles. The van der Waals surface area contributed by atoms with E-state index < -0.39 is 5.82 Å². The Balaban J connectivity index is 1.51.